The van der Waals surface area contributed by atoms with Gasteiger partial charge in [-0.15, -0.1) is 11.3 Å². The van der Waals surface area contributed by atoms with Crippen molar-refractivity contribution in [3.8, 4) is 22.1 Å². The van der Waals surface area contributed by atoms with E-state index in [0.717, 1.165) is 47.8 Å². The number of rotatable bonds is 7. The lowest BCUT2D eigenvalue weighted by molar-refractivity contribution is 0.0904. The van der Waals surface area contributed by atoms with Crippen LogP contribution in [0.2, 0.25) is 0 Å². The predicted octanol–water partition coefficient (Wildman–Crippen LogP) is 4.36. The Balaban J connectivity index is 1.28. The lowest BCUT2D eigenvalue weighted by Crippen LogP contribution is -2.44. The van der Waals surface area contributed by atoms with Crippen LogP contribution in [0.1, 0.15) is 28.9 Å². The molecule has 0 bridgehead atoms. The summed E-state index contributed by atoms with van der Waals surface area (Å²) in [5.74, 6) is 0.556. The molecule has 2 heterocycles. The molecule has 3 aromatic rings. The zero-order chi connectivity index (χ0) is 22.5. The second-order valence-corrected chi connectivity index (χ2v) is 8.62. The number of benzene rings is 2. The molecule has 0 radical (unpaired) electrons. The van der Waals surface area contributed by atoms with E-state index in [-0.39, 0.29) is 23.5 Å². The first-order chi connectivity index (χ1) is 15.6. The van der Waals surface area contributed by atoms with Crippen LogP contribution in [-0.4, -0.2) is 49.1 Å². The van der Waals surface area contributed by atoms with Gasteiger partial charge in [0.15, 0.2) is 11.6 Å². The van der Waals surface area contributed by atoms with Crippen LogP contribution in [0.5, 0.6) is 11.5 Å². The smallest absolute Gasteiger partial charge is 0.270 e. The first kappa shape index (κ1) is 22.2. The van der Waals surface area contributed by atoms with Crippen molar-refractivity contribution in [2.45, 2.75) is 25.4 Å². The number of likely N-dealkylation sites (tertiary alicyclic amines) is 1. The predicted molar refractivity (Wildman–Crippen MR) is 123 cm³/mol. The number of nitrogens with one attached hydrogen (secondary N) is 1. The topological polar surface area (TPSA) is 63.7 Å². The lowest BCUT2D eigenvalue weighted by atomic mass is 10.0. The number of methoxy groups -OCH3 is 2. The van der Waals surface area contributed by atoms with Crippen LogP contribution >= 0.6 is 11.3 Å². The molecule has 1 aliphatic rings. The summed E-state index contributed by atoms with van der Waals surface area (Å²) in [4.78, 5) is 19.5. The van der Waals surface area contributed by atoms with Crippen LogP contribution in [0.15, 0.2) is 47.8 Å². The van der Waals surface area contributed by atoms with Crippen molar-refractivity contribution in [3.05, 3.63) is 64.9 Å². The van der Waals surface area contributed by atoms with Crippen molar-refractivity contribution in [2.24, 2.45) is 0 Å². The minimum atomic E-state index is -0.343. The maximum absolute atomic E-state index is 13.9. The third kappa shape index (κ3) is 5.26. The van der Waals surface area contributed by atoms with Crippen molar-refractivity contribution >= 4 is 17.2 Å². The molecule has 8 heteroatoms. The molecule has 0 saturated carbocycles. The van der Waals surface area contributed by atoms with E-state index in [1.54, 1.807) is 18.6 Å². The fourth-order valence-corrected chi connectivity index (χ4v) is 4.61. The highest BCUT2D eigenvalue weighted by atomic mass is 32.1. The number of carbonyl (C=O) groups is 1. The van der Waals surface area contributed by atoms with E-state index in [1.807, 2.05) is 30.3 Å². The molecule has 1 aliphatic heterocycles. The minimum Gasteiger partial charge on any atom is -0.497 e. The van der Waals surface area contributed by atoms with E-state index in [1.165, 1.54) is 24.5 Å². The number of hydrogen-bond acceptors (Lipinski definition) is 6. The lowest BCUT2D eigenvalue weighted by Gasteiger charge is -2.32. The summed E-state index contributed by atoms with van der Waals surface area (Å²) < 4.78 is 24.1. The van der Waals surface area contributed by atoms with E-state index in [0.29, 0.717) is 12.2 Å². The summed E-state index contributed by atoms with van der Waals surface area (Å²) in [7, 11) is 3.09. The second-order valence-electron chi connectivity index (χ2n) is 7.76. The molecule has 2 aromatic carbocycles. The van der Waals surface area contributed by atoms with Gasteiger partial charge in [0, 0.05) is 36.6 Å². The Morgan fingerprint density at radius 1 is 1.16 bits per heavy atom. The van der Waals surface area contributed by atoms with E-state index in [4.69, 9.17) is 9.47 Å². The molecule has 4 rings (SSSR count). The summed E-state index contributed by atoms with van der Waals surface area (Å²) in [6.07, 6.45) is 1.69. The molecule has 1 aromatic heterocycles. The number of ether oxygens (including phenoxy) is 2. The first-order valence-electron chi connectivity index (χ1n) is 10.5. The van der Waals surface area contributed by atoms with Gasteiger partial charge in [0.2, 0.25) is 0 Å². The maximum atomic E-state index is 13.9. The number of carbonyl (C=O) groups excluding carboxylic acids is 1. The standard InChI is InChI=1S/C24H26FN3O3S/c1-30-19-6-4-17(5-7-19)24-27-21(15-32-24)23(29)26-18-9-11-28(12-10-18)14-16-3-8-22(31-2)20(25)13-16/h3-8,13,15,18H,9-12,14H2,1-2H3,(H,26,29). The summed E-state index contributed by atoms with van der Waals surface area (Å²) >= 11 is 1.45. The van der Waals surface area contributed by atoms with Crippen LogP contribution in [0.3, 0.4) is 0 Å². The van der Waals surface area contributed by atoms with Crippen molar-refractivity contribution in [1.82, 2.24) is 15.2 Å². The number of hydrogen-bond donors (Lipinski definition) is 1. The number of piperidine rings is 1. The van der Waals surface area contributed by atoms with Crippen LogP contribution in [-0.2, 0) is 6.54 Å². The molecule has 0 atom stereocenters. The fraction of sp³-hybridized carbons (Fsp3) is 0.333. The summed E-state index contributed by atoms with van der Waals surface area (Å²) in [5, 5.41) is 5.71. The highest BCUT2D eigenvalue weighted by Gasteiger charge is 2.22. The van der Waals surface area contributed by atoms with Gasteiger partial charge in [-0.05, 0) is 54.8 Å². The molecule has 6 nitrogen and oxygen atoms in total. The quantitative estimate of drug-likeness (QED) is 0.574. The Morgan fingerprint density at radius 2 is 1.91 bits per heavy atom. The molecule has 1 amide bonds. The van der Waals surface area contributed by atoms with E-state index in [9.17, 15) is 9.18 Å². The van der Waals surface area contributed by atoms with Gasteiger partial charge in [0.05, 0.1) is 14.2 Å². The number of aromatic nitrogens is 1. The van der Waals surface area contributed by atoms with Crippen LogP contribution < -0.4 is 14.8 Å². The second kappa shape index (κ2) is 10.1. The number of halogens is 1. The molecule has 0 spiro atoms. The summed E-state index contributed by atoms with van der Waals surface area (Å²) in [6, 6.07) is 12.8. The zero-order valence-electron chi connectivity index (χ0n) is 18.1. The molecule has 0 unspecified atom stereocenters. The normalized spacial score (nSPS) is 14.8. The van der Waals surface area contributed by atoms with E-state index in [2.05, 4.69) is 15.2 Å². The molecule has 32 heavy (non-hydrogen) atoms. The van der Waals surface area contributed by atoms with Gasteiger partial charge in [0.25, 0.3) is 5.91 Å². The number of nitrogens with zero attached hydrogens (tertiary/aromatic N) is 2. The Kier molecular flexibility index (Phi) is 7.02. The van der Waals surface area contributed by atoms with Gasteiger partial charge >= 0.3 is 0 Å². The third-order valence-electron chi connectivity index (χ3n) is 5.62. The van der Waals surface area contributed by atoms with E-state index < -0.39 is 0 Å². The minimum absolute atomic E-state index is 0.109. The number of amides is 1. The Bertz CT molecular complexity index is 1060. The Morgan fingerprint density at radius 3 is 2.56 bits per heavy atom. The van der Waals surface area contributed by atoms with Crippen LogP contribution in [0.4, 0.5) is 4.39 Å². The van der Waals surface area contributed by atoms with Crippen molar-refractivity contribution < 1.29 is 18.7 Å². The summed E-state index contributed by atoms with van der Waals surface area (Å²) in [5.41, 5.74) is 2.31. The number of thiazole rings is 1. The fourth-order valence-electron chi connectivity index (χ4n) is 3.81. The van der Waals surface area contributed by atoms with Crippen LogP contribution in [0, 0.1) is 5.82 Å². The third-order valence-corrected chi connectivity index (χ3v) is 6.51. The summed E-state index contributed by atoms with van der Waals surface area (Å²) in [6.45, 7) is 2.36. The average Bonchev–Trinajstić information content (AvgIpc) is 3.31. The molecular weight excluding hydrogens is 429 g/mol. The van der Waals surface area contributed by atoms with E-state index >= 15 is 0 Å². The molecule has 1 fully saturated rings. The molecule has 168 valence electrons. The zero-order valence-corrected chi connectivity index (χ0v) is 19.0. The first-order valence-corrected chi connectivity index (χ1v) is 11.4. The largest absolute Gasteiger partial charge is 0.497 e. The highest BCUT2D eigenvalue weighted by molar-refractivity contribution is 7.13. The monoisotopic (exact) mass is 455 g/mol. The van der Waals surface area contributed by atoms with Gasteiger partial charge in [-0.3, -0.25) is 9.69 Å². The van der Waals surface area contributed by atoms with Gasteiger partial charge in [0.1, 0.15) is 16.5 Å². The molecular formula is C24H26FN3O3S. The van der Waals surface area contributed by atoms with Crippen LogP contribution in [0.25, 0.3) is 10.6 Å². The van der Waals surface area contributed by atoms with Crippen molar-refractivity contribution in [2.75, 3.05) is 27.3 Å². The molecule has 1 N–H and O–H groups in total. The van der Waals surface area contributed by atoms with Crippen molar-refractivity contribution in [1.29, 1.82) is 0 Å². The molecule has 0 aliphatic carbocycles. The SMILES string of the molecule is COc1ccc(-c2nc(C(=O)NC3CCN(Cc4ccc(OC)c(F)c4)CC3)cs2)cc1. The van der Waals surface area contributed by atoms with Gasteiger partial charge in [-0.2, -0.15) is 0 Å². The van der Waals surface area contributed by atoms with Gasteiger partial charge in [-0.1, -0.05) is 6.07 Å². The Hall–Kier alpha value is -2.97. The highest BCUT2D eigenvalue weighted by Crippen LogP contribution is 2.26. The van der Waals surface area contributed by atoms with Gasteiger partial charge < -0.3 is 14.8 Å². The molecule has 1 saturated heterocycles. The maximum Gasteiger partial charge on any atom is 0.270 e. The van der Waals surface area contributed by atoms with Crippen molar-refractivity contribution in [3.63, 3.8) is 0 Å². The van der Waals surface area contributed by atoms with Gasteiger partial charge in [-0.25, -0.2) is 9.37 Å². The average molecular weight is 456 g/mol. The Labute approximate surface area is 191 Å².